The maximum Gasteiger partial charge on any atom is 0.231 e. The molecule has 1 saturated heterocycles. The fourth-order valence-corrected chi connectivity index (χ4v) is 3.36. The second kappa shape index (κ2) is 8.54. The molecule has 3 rings (SSSR count). The number of fused-ring (bicyclic) bond motifs is 1. The molecule has 6 heteroatoms. The number of nitrogens with zero attached hydrogens (tertiary/aromatic N) is 1. The van der Waals surface area contributed by atoms with Crippen molar-refractivity contribution in [2.24, 2.45) is 5.92 Å². The number of hydrogen-bond acceptors (Lipinski definition) is 5. The summed E-state index contributed by atoms with van der Waals surface area (Å²) in [5.41, 5.74) is 1.09. The molecule has 2 aliphatic rings. The second-order valence-electron chi connectivity index (χ2n) is 6.95. The van der Waals surface area contributed by atoms with Gasteiger partial charge in [0.05, 0.1) is 13.2 Å². The van der Waals surface area contributed by atoms with Gasteiger partial charge in [0.15, 0.2) is 11.5 Å². The van der Waals surface area contributed by atoms with Gasteiger partial charge in [0.1, 0.15) is 0 Å². The summed E-state index contributed by atoms with van der Waals surface area (Å²) < 4.78 is 16.1. The van der Waals surface area contributed by atoms with Gasteiger partial charge < -0.3 is 19.5 Å². The van der Waals surface area contributed by atoms with E-state index in [1.807, 2.05) is 18.2 Å². The second-order valence-corrected chi connectivity index (χ2v) is 6.95. The number of carbonyl (C=O) groups excluding carboxylic acids is 1. The number of amides is 1. The zero-order chi connectivity index (χ0) is 17.6. The predicted octanol–water partition coefficient (Wildman–Crippen LogP) is 1.82. The minimum Gasteiger partial charge on any atom is -0.454 e. The third-order valence-electron chi connectivity index (χ3n) is 4.87. The van der Waals surface area contributed by atoms with Crippen LogP contribution in [0.2, 0.25) is 0 Å². The van der Waals surface area contributed by atoms with E-state index in [1.54, 1.807) is 0 Å². The molecule has 2 aliphatic heterocycles. The molecule has 1 aromatic rings. The van der Waals surface area contributed by atoms with Gasteiger partial charge in [-0.25, -0.2) is 0 Å². The third-order valence-corrected chi connectivity index (χ3v) is 4.87. The molecule has 0 spiro atoms. The summed E-state index contributed by atoms with van der Waals surface area (Å²) in [4.78, 5) is 14.7. The van der Waals surface area contributed by atoms with E-state index in [0.29, 0.717) is 31.3 Å². The van der Waals surface area contributed by atoms with Crippen LogP contribution >= 0.6 is 0 Å². The number of hydrogen-bond donors (Lipinski definition) is 1. The van der Waals surface area contributed by atoms with Crippen LogP contribution in [0.5, 0.6) is 11.5 Å². The van der Waals surface area contributed by atoms with Gasteiger partial charge in [-0.2, -0.15) is 0 Å². The van der Waals surface area contributed by atoms with E-state index >= 15 is 0 Å². The van der Waals surface area contributed by atoms with Crippen LogP contribution in [-0.4, -0.2) is 56.5 Å². The normalized spacial score (nSPS) is 18.4. The van der Waals surface area contributed by atoms with Gasteiger partial charge in [-0.05, 0) is 30.0 Å². The summed E-state index contributed by atoms with van der Waals surface area (Å²) >= 11 is 0. The molecule has 6 nitrogen and oxygen atoms in total. The Balaban J connectivity index is 1.45. The Labute approximate surface area is 149 Å². The van der Waals surface area contributed by atoms with Crippen LogP contribution in [0.1, 0.15) is 25.8 Å². The van der Waals surface area contributed by atoms with Crippen LogP contribution in [0.4, 0.5) is 0 Å². The number of aryl methyl sites for hydroxylation is 1. The molecule has 138 valence electrons. The lowest BCUT2D eigenvalue weighted by Gasteiger charge is -2.36. The molecule has 2 heterocycles. The SMILES string of the molecule is CC(C)[C@@H](CNC(=O)CCc1ccc2c(c1)OCO2)N1CCOCC1. The van der Waals surface area contributed by atoms with Gasteiger partial charge >= 0.3 is 0 Å². The molecule has 25 heavy (non-hydrogen) atoms. The number of rotatable bonds is 7. The summed E-state index contributed by atoms with van der Waals surface area (Å²) in [7, 11) is 0. The maximum atomic E-state index is 12.2. The average Bonchev–Trinajstić information content (AvgIpc) is 3.08. The maximum absolute atomic E-state index is 12.2. The molecule has 0 aliphatic carbocycles. The van der Waals surface area contributed by atoms with Crippen LogP contribution in [0.15, 0.2) is 18.2 Å². The van der Waals surface area contributed by atoms with Gasteiger partial charge in [-0.3, -0.25) is 9.69 Å². The summed E-state index contributed by atoms with van der Waals surface area (Å²) in [5, 5.41) is 3.11. The summed E-state index contributed by atoms with van der Waals surface area (Å²) in [6.07, 6.45) is 1.18. The Kier molecular flexibility index (Phi) is 6.15. The largest absolute Gasteiger partial charge is 0.454 e. The molecule has 0 saturated carbocycles. The molecule has 1 amide bonds. The standard InChI is InChI=1S/C19H28N2O4/c1-14(2)16(21-7-9-23-10-8-21)12-20-19(22)6-4-15-3-5-17-18(11-15)25-13-24-17/h3,5,11,14,16H,4,6-10,12-13H2,1-2H3,(H,20,22)/t16-/m1/s1. The zero-order valence-corrected chi connectivity index (χ0v) is 15.1. The van der Waals surface area contributed by atoms with Crippen molar-refractivity contribution in [3.8, 4) is 11.5 Å². The van der Waals surface area contributed by atoms with Crippen LogP contribution in [0.25, 0.3) is 0 Å². The van der Waals surface area contributed by atoms with Crippen LogP contribution in [-0.2, 0) is 16.0 Å². The van der Waals surface area contributed by atoms with Gasteiger partial charge in [0, 0.05) is 32.1 Å². The predicted molar refractivity (Wildman–Crippen MR) is 94.9 cm³/mol. The summed E-state index contributed by atoms with van der Waals surface area (Å²) in [6.45, 7) is 8.82. The molecule has 0 radical (unpaired) electrons. The minimum absolute atomic E-state index is 0.0941. The fourth-order valence-electron chi connectivity index (χ4n) is 3.36. The molecule has 0 aromatic heterocycles. The summed E-state index contributed by atoms with van der Waals surface area (Å²) in [6, 6.07) is 6.22. The lowest BCUT2D eigenvalue weighted by molar-refractivity contribution is -0.121. The van der Waals surface area contributed by atoms with Crippen LogP contribution in [0.3, 0.4) is 0 Å². The lowest BCUT2D eigenvalue weighted by atomic mass is 10.0. The molecule has 0 unspecified atom stereocenters. The molecule has 1 aromatic carbocycles. The molecule has 1 atom stereocenters. The Bertz CT molecular complexity index is 585. The first kappa shape index (κ1) is 18.0. The number of nitrogens with one attached hydrogen (secondary N) is 1. The van der Waals surface area contributed by atoms with E-state index < -0.39 is 0 Å². The first-order valence-electron chi connectivity index (χ1n) is 9.10. The van der Waals surface area contributed by atoms with E-state index in [2.05, 4.69) is 24.1 Å². The van der Waals surface area contributed by atoms with Gasteiger partial charge in [-0.1, -0.05) is 19.9 Å². The smallest absolute Gasteiger partial charge is 0.231 e. The molecular weight excluding hydrogens is 320 g/mol. The van der Waals surface area contributed by atoms with Gasteiger partial charge in [0.25, 0.3) is 0 Å². The minimum atomic E-state index is 0.0941. The highest BCUT2D eigenvalue weighted by Crippen LogP contribution is 2.32. The zero-order valence-electron chi connectivity index (χ0n) is 15.1. The Morgan fingerprint density at radius 3 is 2.72 bits per heavy atom. The molecule has 1 fully saturated rings. The van der Waals surface area contributed by atoms with Crippen LogP contribution in [0, 0.1) is 5.92 Å². The van der Waals surface area contributed by atoms with E-state index in [9.17, 15) is 4.79 Å². The van der Waals surface area contributed by atoms with E-state index in [-0.39, 0.29) is 12.7 Å². The average molecular weight is 348 g/mol. The number of ether oxygens (including phenoxy) is 3. The highest BCUT2D eigenvalue weighted by atomic mass is 16.7. The topological polar surface area (TPSA) is 60.0 Å². The highest BCUT2D eigenvalue weighted by Gasteiger charge is 2.24. The molecular formula is C19H28N2O4. The Morgan fingerprint density at radius 2 is 1.96 bits per heavy atom. The molecule has 0 bridgehead atoms. The number of carbonyl (C=O) groups is 1. The quantitative estimate of drug-likeness (QED) is 0.814. The first-order chi connectivity index (χ1) is 12.1. The van der Waals surface area contributed by atoms with E-state index in [0.717, 1.165) is 43.4 Å². The van der Waals surface area contributed by atoms with Crippen molar-refractivity contribution in [1.82, 2.24) is 10.2 Å². The van der Waals surface area contributed by atoms with Crippen molar-refractivity contribution < 1.29 is 19.0 Å². The lowest BCUT2D eigenvalue weighted by Crippen LogP contribution is -2.51. The van der Waals surface area contributed by atoms with Crippen molar-refractivity contribution in [2.75, 3.05) is 39.6 Å². The Hall–Kier alpha value is -1.79. The molecule has 1 N–H and O–H groups in total. The van der Waals surface area contributed by atoms with Gasteiger partial charge in [0.2, 0.25) is 12.7 Å². The Morgan fingerprint density at radius 1 is 1.20 bits per heavy atom. The van der Waals surface area contributed by atoms with Crippen molar-refractivity contribution >= 4 is 5.91 Å². The number of benzene rings is 1. The van der Waals surface area contributed by atoms with Crippen LogP contribution < -0.4 is 14.8 Å². The van der Waals surface area contributed by atoms with Crippen molar-refractivity contribution in [3.05, 3.63) is 23.8 Å². The van der Waals surface area contributed by atoms with E-state index in [4.69, 9.17) is 14.2 Å². The fraction of sp³-hybridized carbons (Fsp3) is 0.632. The van der Waals surface area contributed by atoms with E-state index in [1.165, 1.54) is 0 Å². The first-order valence-corrected chi connectivity index (χ1v) is 9.10. The third kappa shape index (κ3) is 4.86. The summed E-state index contributed by atoms with van der Waals surface area (Å²) in [5.74, 6) is 2.13. The van der Waals surface area contributed by atoms with Crippen molar-refractivity contribution in [1.29, 1.82) is 0 Å². The van der Waals surface area contributed by atoms with Gasteiger partial charge in [-0.15, -0.1) is 0 Å². The van der Waals surface area contributed by atoms with Crippen molar-refractivity contribution in [3.63, 3.8) is 0 Å². The number of morpholine rings is 1. The van der Waals surface area contributed by atoms with Crippen molar-refractivity contribution in [2.45, 2.75) is 32.7 Å². The monoisotopic (exact) mass is 348 g/mol. The highest BCUT2D eigenvalue weighted by molar-refractivity contribution is 5.76.